The second-order valence-electron chi connectivity index (χ2n) is 3.68. The molecular formula is C12H13NO4S. The van der Waals surface area contributed by atoms with Gasteiger partial charge in [0.05, 0.1) is 11.4 Å². The largest absolute Gasteiger partial charge is 0.480 e. The number of benzene rings is 1. The first-order valence-electron chi connectivity index (χ1n) is 5.10. The Hall–Kier alpha value is -1.84. The summed E-state index contributed by atoms with van der Waals surface area (Å²) in [5.41, 5.74) is 0.921. The number of carboxylic acids is 1. The van der Waals surface area contributed by atoms with E-state index in [1.54, 1.807) is 12.1 Å². The van der Waals surface area contributed by atoms with Gasteiger partial charge in [0.2, 0.25) is 9.84 Å². The van der Waals surface area contributed by atoms with Crippen molar-refractivity contribution in [1.82, 2.24) is 5.32 Å². The lowest BCUT2D eigenvalue weighted by molar-refractivity contribution is -0.135. The first kappa shape index (κ1) is 14.2. The number of aryl methyl sites for hydroxylation is 1. The molecule has 0 bridgehead atoms. The molecular weight excluding hydrogens is 254 g/mol. The third-order valence-electron chi connectivity index (χ3n) is 2.25. The Labute approximate surface area is 106 Å². The number of carboxylic acid groups (broad SMARTS) is 1. The van der Waals surface area contributed by atoms with E-state index < -0.39 is 27.7 Å². The molecule has 96 valence electrons. The van der Waals surface area contributed by atoms with Crippen LogP contribution >= 0.6 is 0 Å². The van der Waals surface area contributed by atoms with E-state index in [0.717, 1.165) is 5.56 Å². The van der Waals surface area contributed by atoms with Gasteiger partial charge < -0.3 is 5.11 Å². The summed E-state index contributed by atoms with van der Waals surface area (Å²) in [7, 11) is -3.77. The van der Waals surface area contributed by atoms with Crippen LogP contribution in [-0.2, 0) is 14.6 Å². The summed E-state index contributed by atoms with van der Waals surface area (Å²) in [6.45, 7) is 1.32. The van der Waals surface area contributed by atoms with Gasteiger partial charge in [0, 0.05) is 0 Å². The minimum absolute atomic E-state index is 0.0638. The Kier molecular flexibility index (Phi) is 4.48. The molecule has 0 saturated heterocycles. The standard InChI is InChI=1S/C12H13NO4S/c1-3-11(13-8-12(14)15)18(16,17)10-6-4-9(2)5-7-10/h1,4-7,11,13H,8H2,2H3,(H,14,15). The number of terminal acetylenes is 1. The smallest absolute Gasteiger partial charge is 0.317 e. The van der Waals surface area contributed by atoms with Crippen molar-refractivity contribution in [2.45, 2.75) is 17.2 Å². The maximum absolute atomic E-state index is 12.1. The van der Waals surface area contributed by atoms with Crippen LogP contribution in [0.4, 0.5) is 0 Å². The van der Waals surface area contributed by atoms with Gasteiger partial charge in [0.15, 0.2) is 5.37 Å². The highest BCUT2D eigenvalue weighted by molar-refractivity contribution is 7.92. The van der Waals surface area contributed by atoms with Gasteiger partial charge in [0.1, 0.15) is 0 Å². The van der Waals surface area contributed by atoms with Crippen LogP contribution in [0.5, 0.6) is 0 Å². The molecule has 0 amide bonds. The lowest BCUT2D eigenvalue weighted by Gasteiger charge is -2.12. The molecule has 1 rings (SSSR count). The highest BCUT2D eigenvalue weighted by Crippen LogP contribution is 2.15. The fourth-order valence-corrected chi connectivity index (χ4v) is 2.57. The molecule has 0 aliphatic rings. The van der Waals surface area contributed by atoms with Crippen LogP contribution in [0, 0.1) is 19.3 Å². The zero-order valence-electron chi connectivity index (χ0n) is 9.75. The van der Waals surface area contributed by atoms with E-state index in [2.05, 4.69) is 5.32 Å². The maximum atomic E-state index is 12.1. The summed E-state index contributed by atoms with van der Waals surface area (Å²) in [4.78, 5) is 10.5. The first-order chi connectivity index (χ1) is 8.37. The number of hydrogen-bond acceptors (Lipinski definition) is 4. The Morgan fingerprint density at radius 2 is 2.00 bits per heavy atom. The normalized spacial score (nSPS) is 12.7. The molecule has 2 N–H and O–H groups in total. The second kappa shape index (κ2) is 5.67. The van der Waals surface area contributed by atoms with E-state index in [0.29, 0.717) is 0 Å². The van der Waals surface area contributed by atoms with E-state index in [-0.39, 0.29) is 4.90 Å². The van der Waals surface area contributed by atoms with Crippen LogP contribution in [0.25, 0.3) is 0 Å². The predicted octanol–water partition coefficient (Wildman–Crippen LogP) is 0.402. The van der Waals surface area contributed by atoms with Gasteiger partial charge in [-0.05, 0) is 19.1 Å². The van der Waals surface area contributed by atoms with Crippen molar-refractivity contribution >= 4 is 15.8 Å². The molecule has 1 aromatic rings. The van der Waals surface area contributed by atoms with Gasteiger partial charge >= 0.3 is 5.97 Å². The van der Waals surface area contributed by atoms with Crippen molar-refractivity contribution < 1.29 is 18.3 Å². The summed E-state index contributed by atoms with van der Waals surface area (Å²) in [5.74, 6) is 0.876. The summed E-state index contributed by atoms with van der Waals surface area (Å²) in [5, 5.41) is 9.45. The third kappa shape index (κ3) is 3.32. The lowest BCUT2D eigenvalue weighted by atomic mass is 10.2. The van der Waals surface area contributed by atoms with Gasteiger partial charge in [-0.15, -0.1) is 6.42 Å². The monoisotopic (exact) mass is 267 g/mol. The van der Waals surface area contributed by atoms with Crippen LogP contribution in [0.3, 0.4) is 0 Å². The number of rotatable bonds is 5. The third-order valence-corrected chi connectivity index (χ3v) is 4.10. The minimum atomic E-state index is -3.77. The molecule has 0 fully saturated rings. The fourth-order valence-electron chi connectivity index (χ4n) is 1.30. The first-order valence-corrected chi connectivity index (χ1v) is 6.64. The maximum Gasteiger partial charge on any atom is 0.317 e. The van der Waals surface area contributed by atoms with Crippen molar-refractivity contribution in [3.05, 3.63) is 29.8 Å². The van der Waals surface area contributed by atoms with Gasteiger partial charge in [-0.25, -0.2) is 8.42 Å². The van der Waals surface area contributed by atoms with Gasteiger partial charge in [-0.2, -0.15) is 0 Å². The average Bonchev–Trinajstić information content (AvgIpc) is 2.29. The SMILES string of the molecule is C#CC(NCC(=O)O)S(=O)(=O)c1ccc(C)cc1. The van der Waals surface area contributed by atoms with E-state index in [1.165, 1.54) is 12.1 Å². The molecule has 1 atom stereocenters. The van der Waals surface area contributed by atoms with E-state index in [4.69, 9.17) is 11.5 Å². The number of aliphatic carboxylic acids is 1. The van der Waals surface area contributed by atoms with Crippen LogP contribution < -0.4 is 5.32 Å². The van der Waals surface area contributed by atoms with Crippen molar-refractivity contribution in [3.63, 3.8) is 0 Å². The average molecular weight is 267 g/mol. The second-order valence-corrected chi connectivity index (χ2v) is 5.71. The Bertz CT molecular complexity index is 569. The number of sulfone groups is 1. The zero-order chi connectivity index (χ0) is 13.8. The molecule has 0 aliphatic carbocycles. The Morgan fingerprint density at radius 1 is 1.44 bits per heavy atom. The number of carbonyl (C=O) groups is 1. The molecule has 0 radical (unpaired) electrons. The van der Waals surface area contributed by atoms with Gasteiger partial charge in [-0.1, -0.05) is 23.6 Å². The van der Waals surface area contributed by atoms with Crippen molar-refractivity contribution in [2.75, 3.05) is 6.54 Å². The van der Waals surface area contributed by atoms with Crippen molar-refractivity contribution in [2.24, 2.45) is 0 Å². The summed E-state index contributed by atoms with van der Waals surface area (Å²) >= 11 is 0. The van der Waals surface area contributed by atoms with Gasteiger partial charge in [-0.3, -0.25) is 10.1 Å². The Morgan fingerprint density at radius 3 is 2.44 bits per heavy atom. The van der Waals surface area contributed by atoms with E-state index >= 15 is 0 Å². The molecule has 1 aromatic carbocycles. The van der Waals surface area contributed by atoms with Gasteiger partial charge in [0.25, 0.3) is 0 Å². The molecule has 0 aromatic heterocycles. The lowest BCUT2D eigenvalue weighted by Crippen LogP contribution is -2.38. The Balaban J connectivity index is 3.00. The van der Waals surface area contributed by atoms with Crippen LogP contribution in [0.15, 0.2) is 29.2 Å². The summed E-state index contributed by atoms with van der Waals surface area (Å²) in [6, 6.07) is 6.18. The molecule has 18 heavy (non-hydrogen) atoms. The molecule has 0 spiro atoms. The van der Waals surface area contributed by atoms with E-state index in [1.807, 2.05) is 12.8 Å². The molecule has 0 aliphatic heterocycles. The molecule has 0 heterocycles. The van der Waals surface area contributed by atoms with Crippen molar-refractivity contribution in [3.8, 4) is 12.3 Å². The van der Waals surface area contributed by atoms with Crippen molar-refractivity contribution in [1.29, 1.82) is 0 Å². The summed E-state index contributed by atoms with van der Waals surface area (Å²) < 4.78 is 24.2. The highest BCUT2D eigenvalue weighted by atomic mass is 32.2. The topological polar surface area (TPSA) is 83.5 Å². The minimum Gasteiger partial charge on any atom is -0.480 e. The van der Waals surface area contributed by atoms with Crippen LogP contribution in [0.2, 0.25) is 0 Å². The fraction of sp³-hybridized carbons (Fsp3) is 0.250. The summed E-state index contributed by atoms with van der Waals surface area (Å²) in [6.07, 6.45) is 5.13. The molecule has 0 saturated carbocycles. The zero-order valence-corrected chi connectivity index (χ0v) is 10.6. The van der Waals surface area contributed by atoms with E-state index in [9.17, 15) is 13.2 Å². The molecule has 6 heteroatoms. The molecule has 1 unspecified atom stereocenters. The highest BCUT2D eigenvalue weighted by Gasteiger charge is 2.25. The quantitative estimate of drug-likeness (QED) is 0.755. The predicted molar refractivity (Wildman–Crippen MR) is 66.6 cm³/mol. The molecule has 5 nitrogen and oxygen atoms in total. The van der Waals surface area contributed by atoms with Crippen LogP contribution in [-0.4, -0.2) is 31.4 Å². The van der Waals surface area contributed by atoms with Crippen LogP contribution in [0.1, 0.15) is 5.56 Å². The number of hydrogen-bond donors (Lipinski definition) is 2. The number of nitrogens with one attached hydrogen (secondary N) is 1.